The minimum absolute atomic E-state index is 0.696. The minimum atomic E-state index is 0.696. The van der Waals surface area contributed by atoms with Gasteiger partial charge >= 0.3 is 0 Å². The van der Waals surface area contributed by atoms with Crippen molar-refractivity contribution in [1.82, 2.24) is 15.2 Å². The van der Waals surface area contributed by atoms with Crippen LogP contribution < -0.4 is 5.32 Å². The van der Waals surface area contributed by atoms with E-state index in [4.69, 9.17) is 0 Å². The molecule has 0 aromatic carbocycles. The third-order valence-electron chi connectivity index (χ3n) is 4.40. The highest BCUT2D eigenvalue weighted by molar-refractivity contribution is 5.14. The molecule has 1 aliphatic rings. The molecule has 0 radical (unpaired) electrons. The summed E-state index contributed by atoms with van der Waals surface area (Å²) in [6.45, 7) is 14.6. The number of nitrogens with one attached hydrogen (secondary N) is 1. The largest absolute Gasteiger partial charge is 0.312 e. The molecule has 1 aromatic heterocycles. The molecule has 0 spiro atoms. The number of rotatable bonds is 7. The first-order valence-electron chi connectivity index (χ1n) is 8.41. The van der Waals surface area contributed by atoms with Gasteiger partial charge in [-0.3, -0.25) is 9.88 Å². The zero-order chi connectivity index (χ0) is 15.2. The highest BCUT2D eigenvalue weighted by Crippen LogP contribution is 2.24. The van der Waals surface area contributed by atoms with E-state index in [2.05, 4.69) is 55.0 Å². The number of nitrogens with zero attached hydrogens (tertiary/aromatic N) is 2. The Morgan fingerprint density at radius 3 is 2.67 bits per heavy atom. The predicted molar refractivity (Wildman–Crippen MR) is 89.0 cm³/mol. The normalized spacial score (nSPS) is 19.8. The van der Waals surface area contributed by atoms with Crippen LogP contribution in [0.2, 0.25) is 0 Å². The van der Waals surface area contributed by atoms with E-state index in [1.807, 2.05) is 6.20 Å². The van der Waals surface area contributed by atoms with Crippen LogP contribution in [0.5, 0.6) is 0 Å². The van der Waals surface area contributed by atoms with Gasteiger partial charge < -0.3 is 5.32 Å². The Morgan fingerprint density at radius 1 is 1.29 bits per heavy atom. The van der Waals surface area contributed by atoms with Crippen molar-refractivity contribution in [2.45, 2.75) is 47.2 Å². The van der Waals surface area contributed by atoms with Crippen LogP contribution in [0, 0.1) is 17.8 Å². The van der Waals surface area contributed by atoms with Crippen LogP contribution in [0.25, 0.3) is 0 Å². The van der Waals surface area contributed by atoms with Crippen LogP contribution in [0.4, 0.5) is 0 Å². The molecule has 1 aliphatic heterocycles. The van der Waals surface area contributed by atoms with E-state index in [0.29, 0.717) is 5.92 Å². The molecule has 3 nitrogen and oxygen atoms in total. The summed E-state index contributed by atoms with van der Waals surface area (Å²) in [7, 11) is 0. The third-order valence-corrected chi connectivity index (χ3v) is 4.40. The van der Waals surface area contributed by atoms with Gasteiger partial charge in [-0.2, -0.15) is 0 Å². The van der Waals surface area contributed by atoms with Crippen molar-refractivity contribution in [1.29, 1.82) is 0 Å². The quantitative estimate of drug-likeness (QED) is 0.835. The Morgan fingerprint density at radius 2 is 2.10 bits per heavy atom. The van der Waals surface area contributed by atoms with Crippen molar-refractivity contribution in [2.75, 3.05) is 19.6 Å². The van der Waals surface area contributed by atoms with Crippen molar-refractivity contribution >= 4 is 0 Å². The Hall–Kier alpha value is -0.930. The first kappa shape index (κ1) is 16.4. The van der Waals surface area contributed by atoms with Crippen molar-refractivity contribution in [2.24, 2.45) is 17.8 Å². The molecule has 1 saturated heterocycles. The molecule has 1 N–H and O–H groups in total. The second kappa shape index (κ2) is 7.90. The van der Waals surface area contributed by atoms with Crippen LogP contribution in [-0.2, 0) is 13.1 Å². The van der Waals surface area contributed by atoms with E-state index in [1.165, 1.54) is 30.8 Å². The Balaban J connectivity index is 1.77. The van der Waals surface area contributed by atoms with E-state index in [9.17, 15) is 0 Å². The SMILES string of the molecule is CC(C)CNCc1ccc(CN2CCC(C(C)C)C2)nc1. The first-order chi connectivity index (χ1) is 10.0. The van der Waals surface area contributed by atoms with Crippen LogP contribution in [0.15, 0.2) is 18.3 Å². The zero-order valence-electron chi connectivity index (χ0n) is 14.1. The van der Waals surface area contributed by atoms with Crippen molar-refractivity contribution in [3.8, 4) is 0 Å². The highest BCUT2D eigenvalue weighted by Gasteiger charge is 2.24. The number of hydrogen-bond donors (Lipinski definition) is 1. The van der Waals surface area contributed by atoms with Gasteiger partial charge in [0, 0.05) is 25.8 Å². The summed E-state index contributed by atoms with van der Waals surface area (Å²) in [5, 5.41) is 3.46. The summed E-state index contributed by atoms with van der Waals surface area (Å²) in [4.78, 5) is 7.17. The Bertz CT molecular complexity index is 411. The fourth-order valence-corrected chi connectivity index (χ4v) is 2.94. The van der Waals surface area contributed by atoms with Gasteiger partial charge in [0.2, 0.25) is 0 Å². The lowest BCUT2D eigenvalue weighted by Crippen LogP contribution is -2.22. The molecule has 1 unspecified atom stereocenters. The smallest absolute Gasteiger partial charge is 0.0544 e. The number of hydrogen-bond acceptors (Lipinski definition) is 3. The zero-order valence-corrected chi connectivity index (χ0v) is 14.1. The van der Waals surface area contributed by atoms with E-state index in [1.54, 1.807) is 0 Å². The standard InChI is InChI=1S/C18H31N3/c1-14(2)9-19-10-16-5-6-18(20-11-16)13-21-8-7-17(12-21)15(3)4/h5-6,11,14-15,17,19H,7-10,12-13H2,1-4H3. The monoisotopic (exact) mass is 289 g/mol. The fourth-order valence-electron chi connectivity index (χ4n) is 2.94. The maximum absolute atomic E-state index is 4.63. The van der Waals surface area contributed by atoms with E-state index in [-0.39, 0.29) is 0 Å². The molecule has 1 fully saturated rings. The lowest BCUT2D eigenvalue weighted by atomic mass is 9.95. The summed E-state index contributed by atoms with van der Waals surface area (Å²) in [6.07, 6.45) is 3.37. The molecule has 0 saturated carbocycles. The average molecular weight is 289 g/mol. The van der Waals surface area contributed by atoms with E-state index >= 15 is 0 Å². The lowest BCUT2D eigenvalue weighted by molar-refractivity contribution is 0.294. The van der Waals surface area contributed by atoms with Crippen molar-refractivity contribution in [3.05, 3.63) is 29.6 Å². The molecule has 21 heavy (non-hydrogen) atoms. The molecule has 1 atom stereocenters. The van der Waals surface area contributed by atoms with Gasteiger partial charge in [0.05, 0.1) is 5.69 Å². The Kier molecular flexibility index (Phi) is 6.19. The molecule has 0 bridgehead atoms. The Labute approximate surface area is 130 Å². The molecule has 2 heterocycles. The summed E-state index contributed by atoms with van der Waals surface area (Å²) < 4.78 is 0. The van der Waals surface area contributed by atoms with E-state index < -0.39 is 0 Å². The molecule has 2 rings (SSSR count). The first-order valence-corrected chi connectivity index (χ1v) is 8.41. The van der Waals surface area contributed by atoms with Crippen LogP contribution in [-0.4, -0.2) is 29.5 Å². The minimum Gasteiger partial charge on any atom is -0.312 e. The molecule has 3 heteroatoms. The van der Waals surface area contributed by atoms with Gasteiger partial charge in [-0.25, -0.2) is 0 Å². The van der Waals surface area contributed by atoms with Gasteiger partial charge in [-0.1, -0.05) is 33.8 Å². The van der Waals surface area contributed by atoms with Gasteiger partial charge in [0.25, 0.3) is 0 Å². The molecule has 0 aliphatic carbocycles. The van der Waals surface area contributed by atoms with Crippen molar-refractivity contribution < 1.29 is 0 Å². The predicted octanol–water partition coefficient (Wildman–Crippen LogP) is 3.31. The molecular formula is C18H31N3. The fraction of sp³-hybridized carbons (Fsp3) is 0.722. The van der Waals surface area contributed by atoms with Crippen LogP contribution >= 0.6 is 0 Å². The van der Waals surface area contributed by atoms with E-state index in [0.717, 1.165) is 31.5 Å². The maximum atomic E-state index is 4.63. The van der Waals surface area contributed by atoms with Crippen molar-refractivity contribution in [3.63, 3.8) is 0 Å². The van der Waals surface area contributed by atoms with Crippen LogP contribution in [0.1, 0.15) is 45.4 Å². The average Bonchev–Trinajstić information content (AvgIpc) is 2.89. The van der Waals surface area contributed by atoms with Gasteiger partial charge in [-0.15, -0.1) is 0 Å². The van der Waals surface area contributed by atoms with Gasteiger partial charge in [0.1, 0.15) is 0 Å². The molecular weight excluding hydrogens is 258 g/mol. The summed E-state index contributed by atoms with van der Waals surface area (Å²) in [5.41, 5.74) is 2.48. The summed E-state index contributed by atoms with van der Waals surface area (Å²) in [5.74, 6) is 2.36. The number of pyridine rings is 1. The molecule has 118 valence electrons. The summed E-state index contributed by atoms with van der Waals surface area (Å²) in [6, 6.07) is 4.40. The van der Waals surface area contributed by atoms with Gasteiger partial charge in [0.15, 0.2) is 0 Å². The van der Waals surface area contributed by atoms with Gasteiger partial charge in [-0.05, 0) is 48.9 Å². The molecule has 0 amide bonds. The topological polar surface area (TPSA) is 28.2 Å². The van der Waals surface area contributed by atoms with Crippen LogP contribution in [0.3, 0.4) is 0 Å². The number of likely N-dealkylation sites (tertiary alicyclic amines) is 1. The lowest BCUT2D eigenvalue weighted by Gasteiger charge is -2.17. The number of aromatic nitrogens is 1. The maximum Gasteiger partial charge on any atom is 0.0544 e. The second-order valence-corrected chi connectivity index (χ2v) is 7.21. The molecule has 1 aromatic rings. The third kappa shape index (κ3) is 5.40. The highest BCUT2D eigenvalue weighted by atomic mass is 15.1. The summed E-state index contributed by atoms with van der Waals surface area (Å²) >= 11 is 0. The second-order valence-electron chi connectivity index (χ2n) is 7.21.